The number of piperidine rings is 1. The molecule has 2 amide bonds. The summed E-state index contributed by atoms with van der Waals surface area (Å²) in [6.07, 6.45) is 1.50. The molecule has 0 unspecified atom stereocenters. The Bertz CT molecular complexity index is 994. The fraction of sp³-hybridized carbons (Fsp3) is 0.458. The molecule has 0 spiro atoms. The molecule has 2 N–H and O–H groups in total. The number of aromatic nitrogens is 1. The Hall–Kier alpha value is -3.29. The first-order valence-electron chi connectivity index (χ1n) is 10.8. The maximum Gasteiger partial charge on any atom is 0.339 e. The van der Waals surface area contributed by atoms with Gasteiger partial charge in [0.25, 0.3) is 5.91 Å². The minimum Gasteiger partial charge on any atom is -0.465 e. The monoisotopic (exact) mass is 440 g/mol. The Morgan fingerprint density at radius 2 is 1.88 bits per heavy atom. The number of aromatic amines is 1. The average molecular weight is 441 g/mol. The van der Waals surface area contributed by atoms with E-state index in [4.69, 9.17) is 4.74 Å². The Kier molecular flexibility index (Phi) is 7.22. The molecule has 0 bridgehead atoms. The number of H-pyrrole nitrogens is 1. The van der Waals surface area contributed by atoms with E-state index < -0.39 is 5.97 Å². The lowest BCUT2D eigenvalue weighted by molar-refractivity contribution is -0.126. The van der Waals surface area contributed by atoms with Crippen LogP contribution in [0.25, 0.3) is 0 Å². The van der Waals surface area contributed by atoms with E-state index in [2.05, 4.69) is 10.3 Å². The average Bonchev–Trinajstić information content (AvgIpc) is 3.10. The van der Waals surface area contributed by atoms with E-state index in [1.807, 2.05) is 43.3 Å². The highest BCUT2D eigenvalue weighted by Gasteiger charge is 2.31. The fourth-order valence-corrected chi connectivity index (χ4v) is 4.15. The number of benzene rings is 1. The summed E-state index contributed by atoms with van der Waals surface area (Å²) in [4.78, 5) is 44.7. The van der Waals surface area contributed by atoms with Gasteiger partial charge in [-0.2, -0.15) is 0 Å². The maximum absolute atomic E-state index is 13.1. The van der Waals surface area contributed by atoms with Gasteiger partial charge in [0.1, 0.15) is 5.69 Å². The van der Waals surface area contributed by atoms with Gasteiger partial charge in [-0.15, -0.1) is 0 Å². The summed E-state index contributed by atoms with van der Waals surface area (Å²) >= 11 is 0. The number of carbonyl (C=O) groups is 3. The zero-order chi connectivity index (χ0) is 23.4. The highest BCUT2D eigenvalue weighted by molar-refractivity contribution is 6.00. The van der Waals surface area contributed by atoms with Gasteiger partial charge in [0.15, 0.2) is 0 Å². The number of anilines is 1. The number of carbonyl (C=O) groups excluding carboxylic acids is 3. The third kappa shape index (κ3) is 4.95. The van der Waals surface area contributed by atoms with Gasteiger partial charge in [-0.3, -0.25) is 9.59 Å². The molecular weight excluding hydrogens is 408 g/mol. The second kappa shape index (κ2) is 9.89. The molecule has 1 fully saturated rings. The van der Waals surface area contributed by atoms with Gasteiger partial charge in [0.05, 0.1) is 18.6 Å². The van der Waals surface area contributed by atoms with Crippen molar-refractivity contribution in [3.05, 3.63) is 52.3 Å². The van der Waals surface area contributed by atoms with Gasteiger partial charge in [-0.25, -0.2) is 4.79 Å². The number of rotatable bonds is 6. The van der Waals surface area contributed by atoms with Crippen molar-refractivity contribution in [1.82, 2.24) is 15.2 Å². The van der Waals surface area contributed by atoms with Crippen molar-refractivity contribution in [1.29, 1.82) is 0 Å². The second-order valence-electron chi connectivity index (χ2n) is 8.49. The molecule has 1 aromatic heterocycles. The molecule has 3 rings (SSSR count). The van der Waals surface area contributed by atoms with Crippen LogP contribution < -0.4 is 10.2 Å². The molecule has 0 aliphatic carbocycles. The lowest BCUT2D eigenvalue weighted by Gasteiger charge is -2.32. The topological polar surface area (TPSA) is 94.7 Å². The number of methoxy groups -OCH3 is 1. The van der Waals surface area contributed by atoms with Crippen LogP contribution in [0.15, 0.2) is 24.3 Å². The van der Waals surface area contributed by atoms with Gasteiger partial charge in [-0.05, 0) is 49.9 Å². The van der Waals surface area contributed by atoms with Crippen molar-refractivity contribution >= 4 is 23.5 Å². The molecule has 1 atom stereocenters. The molecule has 32 heavy (non-hydrogen) atoms. The van der Waals surface area contributed by atoms with Crippen molar-refractivity contribution in [2.24, 2.45) is 5.92 Å². The van der Waals surface area contributed by atoms with Gasteiger partial charge in [-0.1, -0.05) is 12.1 Å². The van der Waals surface area contributed by atoms with Gasteiger partial charge in [0.2, 0.25) is 5.91 Å². The van der Waals surface area contributed by atoms with E-state index in [1.54, 1.807) is 18.7 Å². The molecule has 8 nitrogen and oxygen atoms in total. The third-order valence-electron chi connectivity index (χ3n) is 6.04. The van der Waals surface area contributed by atoms with Crippen molar-refractivity contribution in [3.63, 3.8) is 0 Å². The number of hydrogen-bond acceptors (Lipinski definition) is 5. The summed E-state index contributed by atoms with van der Waals surface area (Å²) in [5.41, 5.74) is 4.08. The number of aryl methyl sites for hydroxylation is 1. The van der Waals surface area contributed by atoms with Crippen molar-refractivity contribution in [2.75, 3.05) is 39.2 Å². The van der Waals surface area contributed by atoms with E-state index in [-0.39, 0.29) is 17.7 Å². The van der Waals surface area contributed by atoms with E-state index in [9.17, 15) is 14.4 Å². The van der Waals surface area contributed by atoms with Gasteiger partial charge >= 0.3 is 5.97 Å². The molecule has 1 aliphatic rings. The van der Waals surface area contributed by atoms with Crippen LogP contribution in [0, 0.1) is 19.8 Å². The molecule has 1 saturated heterocycles. The Labute approximate surface area is 188 Å². The van der Waals surface area contributed by atoms with Gasteiger partial charge in [0, 0.05) is 45.1 Å². The number of ether oxygens (including phenoxy) is 1. The summed E-state index contributed by atoms with van der Waals surface area (Å²) in [5.74, 6) is -0.971. The molecule has 172 valence electrons. The van der Waals surface area contributed by atoms with Crippen LogP contribution in [0.4, 0.5) is 5.69 Å². The van der Waals surface area contributed by atoms with Crippen LogP contribution >= 0.6 is 0 Å². The zero-order valence-corrected chi connectivity index (χ0v) is 19.4. The normalized spacial score (nSPS) is 15.9. The molecule has 1 aromatic carbocycles. The van der Waals surface area contributed by atoms with Crippen molar-refractivity contribution < 1.29 is 19.1 Å². The van der Waals surface area contributed by atoms with E-state index in [0.29, 0.717) is 42.1 Å². The lowest BCUT2D eigenvalue weighted by atomic mass is 9.96. The number of nitrogens with one attached hydrogen (secondary N) is 2. The van der Waals surface area contributed by atoms with Crippen LogP contribution in [0.1, 0.15) is 50.5 Å². The predicted octanol–water partition coefficient (Wildman–Crippen LogP) is 2.65. The minimum atomic E-state index is -0.468. The van der Waals surface area contributed by atoms with Crippen LogP contribution in [0.5, 0.6) is 0 Å². The summed E-state index contributed by atoms with van der Waals surface area (Å²) in [6.45, 7) is 4.87. The number of amides is 2. The Morgan fingerprint density at radius 3 is 2.50 bits per heavy atom. The molecule has 0 radical (unpaired) electrons. The van der Waals surface area contributed by atoms with Crippen LogP contribution in [0.3, 0.4) is 0 Å². The standard InChI is InChI=1S/C24H32N4O4/c1-15-20(24(31)32-5)16(2)26-21(15)23(30)28-12-6-7-18(14-28)22(29)25-13-17-8-10-19(11-9-17)27(3)4/h8-11,18,26H,6-7,12-14H2,1-5H3,(H,25,29)/t18-/m1/s1. The molecule has 2 heterocycles. The van der Waals surface area contributed by atoms with E-state index >= 15 is 0 Å². The highest BCUT2D eigenvalue weighted by Crippen LogP contribution is 2.24. The smallest absolute Gasteiger partial charge is 0.339 e. The van der Waals surface area contributed by atoms with Crippen molar-refractivity contribution in [2.45, 2.75) is 33.2 Å². The Morgan fingerprint density at radius 1 is 1.19 bits per heavy atom. The summed E-state index contributed by atoms with van der Waals surface area (Å²) in [7, 11) is 5.29. The maximum atomic E-state index is 13.1. The predicted molar refractivity (Wildman–Crippen MR) is 123 cm³/mol. The first-order chi connectivity index (χ1) is 15.2. The second-order valence-corrected chi connectivity index (χ2v) is 8.49. The van der Waals surface area contributed by atoms with Gasteiger partial charge < -0.3 is 24.8 Å². The summed E-state index contributed by atoms with van der Waals surface area (Å²) in [6, 6.07) is 8.04. The van der Waals surface area contributed by atoms with E-state index in [1.165, 1.54) is 7.11 Å². The molecular formula is C24H32N4O4. The number of nitrogens with zero attached hydrogens (tertiary/aromatic N) is 2. The molecule has 2 aromatic rings. The summed E-state index contributed by atoms with van der Waals surface area (Å²) in [5, 5.41) is 3.00. The minimum absolute atomic E-state index is 0.0474. The first kappa shape index (κ1) is 23.4. The lowest BCUT2D eigenvalue weighted by Crippen LogP contribution is -2.45. The zero-order valence-electron chi connectivity index (χ0n) is 19.4. The Balaban J connectivity index is 1.63. The summed E-state index contributed by atoms with van der Waals surface area (Å²) < 4.78 is 4.83. The quantitative estimate of drug-likeness (QED) is 0.674. The number of esters is 1. The fourth-order valence-electron chi connectivity index (χ4n) is 4.15. The highest BCUT2D eigenvalue weighted by atomic mass is 16.5. The molecule has 1 aliphatic heterocycles. The molecule has 0 saturated carbocycles. The largest absolute Gasteiger partial charge is 0.465 e. The van der Waals surface area contributed by atoms with E-state index in [0.717, 1.165) is 24.1 Å². The van der Waals surface area contributed by atoms with Crippen molar-refractivity contribution in [3.8, 4) is 0 Å². The molecule has 8 heteroatoms. The van der Waals surface area contributed by atoms with Crippen LogP contribution in [-0.4, -0.2) is 62.0 Å². The third-order valence-corrected chi connectivity index (χ3v) is 6.04. The van der Waals surface area contributed by atoms with Crippen LogP contribution in [0.2, 0.25) is 0 Å². The first-order valence-corrected chi connectivity index (χ1v) is 10.8. The SMILES string of the molecule is COC(=O)c1c(C)[nH]c(C(=O)N2CCC[C@@H](C(=O)NCc3ccc(N(C)C)cc3)C2)c1C. The van der Waals surface area contributed by atoms with Crippen LogP contribution in [-0.2, 0) is 16.1 Å². The number of hydrogen-bond donors (Lipinski definition) is 2. The number of likely N-dealkylation sites (tertiary alicyclic amines) is 1.